The molecule has 0 spiro atoms. The van der Waals surface area contributed by atoms with Crippen molar-refractivity contribution in [3.8, 4) is 5.75 Å². The smallest absolute Gasteiger partial charge is 0.252 e. The highest BCUT2D eigenvalue weighted by Crippen LogP contribution is 2.26. The van der Waals surface area contributed by atoms with Gasteiger partial charge < -0.3 is 16.2 Å². The largest absolute Gasteiger partial charge is 0.483 e. The fourth-order valence-corrected chi connectivity index (χ4v) is 1.93. The second kappa shape index (κ2) is 6.16. The number of benzene rings is 1. The molecule has 0 saturated heterocycles. The van der Waals surface area contributed by atoms with Gasteiger partial charge in [-0.25, -0.2) is 0 Å². The van der Waals surface area contributed by atoms with Crippen molar-refractivity contribution in [3.05, 3.63) is 59.9 Å². The van der Waals surface area contributed by atoms with Crippen molar-refractivity contribution in [2.75, 3.05) is 0 Å². The van der Waals surface area contributed by atoms with Crippen molar-refractivity contribution in [1.29, 1.82) is 0 Å². The van der Waals surface area contributed by atoms with E-state index in [1.54, 1.807) is 36.7 Å². The van der Waals surface area contributed by atoms with E-state index in [0.29, 0.717) is 11.3 Å². The molecule has 104 valence electrons. The number of para-hydroxylation sites is 1. The molecule has 20 heavy (non-hydrogen) atoms. The van der Waals surface area contributed by atoms with Crippen molar-refractivity contribution < 1.29 is 9.53 Å². The minimum atomic E-state index is -0.532. The fraction of sp³-hybridized carbons (Fsp3) is 0.200. The molecule has 5 nitrogen and oxygen atoms in total. The molecule has 1 aromatic heterocycles. The SMILES string of the molecule is CC(N)C(Oc1ccccc1C(N)=O)c1cccnc1. The first-order valence-electron chi connectivity index (χ1n) is 6.30. The number of carbonyl (C=O) groups is 1. The maximum absolute atomic E-state index is 11.4. The third-order valence-corrected chi connectivity index (χ3v) is 2.90. The first kappa shape index (κ1) is 14.0. The van der Waals surface area contributed by atoms with E-state index in [0.717, 1.165) is 5.56 Å². The predicted octanol–water partition coefficient (Wildman–Crippen LogP) is 1.65. The zero-order chi connectivity index (χ0) is 14.5. The van der Waals surface area contributed by atoms with Crippen LogP contribution in [0.2, 0.25) is 0 Å². The molecule has 1 heterocycles. The Balaban J connectivity index is 2.33. The van der Waals surface area contributed by atoms with Crippen LogP contribution in [-0.4, -0.2) is 16.9 Å². The highest BCUT2D eigenvalue weighted by atomic mass is 16.5. The first-order chi connectivity index (χ1) is 9.59. The minimum absolute atomic E-state index is 0.264. The van der Waals surface area contributed by atoms with Gasteiger partial charge >= 0.3 is 0 Å². The summed E-state index contributed by atoms with van der Waals surface area (Å²) in [6, 6.07) is 10.3. The summed E-state index contributed by atoms with van der Waals surface area (Å²) in [4.78, 5) is 15.5. The lowest BCUT2D eigenvalue weighted by atomic mass is 10.1. The highest BCUT2D eigenvalue weighted by Gasteiger charge is 2.20. The topological polar surface area (TPSA) is 91.2 Å². The number of rotatable bonds is 5. The quantitative estimate of drug-likeness (QED) is 0.865. The molecule has 0 aliphatic heterocycles. The number of aromatic nitrogens is 1. The van der Waals surface area contributed by atoms with Crippen LogP contribution in [0, 0.1) is 0 Å². The molecular weight excluding hydrogens is 254 g/mol. The van der Waals surface area contributed by atoms with Crippen molar-refractivity contribution in [2.45, 2.75) is 19.1 Å². The lowest BCUT2D eigenvalue weighted by Gasteiger charge is -2.23. The van der Waals surface area contributed by atoms with Crippen molar-refractivity contribution in [2.24, 2.45) is 11.5 Å². The second-order valence-corrected chi connectivity index (χ2v) is 4.54. The van der Waals surface area contributed by atoms with Crippen molar-refractivity contribution in [1.82, 2.24) is 4.98 Å². The van der Waals surface area contributed by atoms with Gasteiger partial charge in [0.15, 0.2) is 0 Å². The van der Waals surface area contributed by atoms with Crippen LogP contribution in [0.3, 0.4) is 0 Å². The lowest BCUT2D eigenvalue weighted by Crippen LogP contribution is -2.29. The summed E-state index contributed by atoms with van der Waals surface area (Å²) < 4.78 is 5.89. The minimum Gasteiger partial charge on any atom is -0.483 e. The zero-order valence-electron chi connectivity index (χ0n) is 11.2. The van der Waals surface area contributed by atoms with Gasteiger partial charge in [0.2, 0.25) is 0 Å². The van der Waals surface area contributed by atoms with Gasteiger partial charge in [-0.1, -0.05) is 18.2 Å². The molecule has 4 N–H and O–H groups in total. The maximum Gasteiger partial charge on any atom is 0.252 e. The van der Waals surface area contributed by atoms with Crippen molar-refractivity contribution >= 4 is 5.91 Å². The Morgan fingerprint density at radius 1 is 1.25 bits per heavy atom. The number of amides is 1. The number of hydrogen-bond donors (Lipinski definition) is 2. The van der Waals surface area contributed by atoms with Gasteiger partial charge in [-0.15, -0.1) is 0 Å². The van der Waals surface area contributed by atoms with E-state index in [2.05, 4.69) is 4.98 Å². The van der Waals surface area contributed by atoms with Gasteiger partial charge in [0.25, 0.3) is 5.91 Å². The van der Waals surface area contributed by atoms with E-state index >= 15 is 0 Å². The molecule has 2 atom stereocenters. The zero-order valence-corrected chi connectivity index (χ0v) is 11.2. The van der Waals surface area contributed by atoms with Gasteiger partial charge in [0.1, 0.15) is 11.9 Å². The number of nitrogens with two attached hydrogens (primary N) is 2. The van der Waals surface area contributed by atoms with Crippen LogP contribution in [-0.2, 0) is 0 Å². The number of primary amides is 1. The molecule has 2 unspecified atom stereocenters. The summed E-state index contributed by atoms with van der Waals surface area (Å²) in [5.74, 6) is -0.110. The highest BCUT2D eigenvalue weighted by molar-refractivity contribution is 5.95. The van der Waals surface area contributed by atoms with Gasteiger partial charge in [-0.2, -0.15) is 0 Å². The van der Waals surface area contributed by atoms with E-state index in [4.69, 9.17) is 16.2 Å². The lowest BCUT2D eigenvalue weighted by molar-refractivity contribution is 0.0990. The van der Waals surface area contributed by atoms with Crippen LogP contribution in [0.25, 0.3) is 0 Å². The molecular formula is C15H17N3O2. The molecule has 1 aromatic carbocycles. The van der Waals surface area contributed by atoms with Crippen molar-refractivity contribution in [3.63, 3.8) is 0 Å². The summed E-state index contributed by atoms with van der Waals surface area (Å²) >= 11 is 0. The standard InChI is InChI=1S/C15H17N3O2/c1-10(16)14(11-5-4-8-18-9-11)20-13-7-3-2-6-12(13)15(17)19/h2-10,14H,16H2,1H3,(H2,17,19). The Morgan fingerprint density at radius 2 is 2.00 bits per heavy atom. The van der Waals surface area contributed by atoms with Crippen LogP contribution in [0.4, 0.5) is 0 Å². The monoisotopic (exact) mass is 271 g/mol. The van der Waals surface area contributed by atoms with Gasteiger partial charge in [-0.05, 0) is 25.1 Å². The summed E-state index contributed by atoms with van der Waals surface area (Å²) in [5.41, 5.74) is 12.5. The van der Waals surface area contributed by atoms with Crippen LogP contribution in [0.15, 0.2) is 48.8 Å². The van der Waals surface area contributed by atoms with Crippen LogP contribution in [0.1, 0.15) is 28.9 Å². The van der Waals surface area contributed by atoms with E-state index in [-0.39, 0.29) is 6.04 Å². The summed E-state index contributed by atoms with van der Waals surface area (Å²) in [7, 11) is 0. The van der Waals surface area contributed by atoms with E-state index in [1.807, 2.05) is 19.1 Å². The molecule has 2 aromatic rings. The van der Waals surface area contributed by atoms with Gasteiger partial charge in [0.05, 0.1) is 5.56 Å². The van der Waals surface area contributed by atoms with Gasteiger partial charge in [-0.3, -0.25) is 9.78 Å². The Labute approximate surface area is 117 Å². The predicted molar refractivity (Wildman–Crippen MR) is 76.2 cm³/mol. The van der Waals surface area contributed by atoms with E-state index in [1.165, 1.54) is 0 Å². The molecule has 0 fully saturated rings. The van der Waals surface area contributed by atoms with E-state index in [9.17, 15) is 4.79 Å². The number of nitrogens with zero attached hydrogens (tertiary/aromatic N) is 1. The summed E-state index contributed by atoms with van der Waals surface area (Å²) in [5, 5.41) is 0. The molecule has 5 heteroatoms. The summed E-state index contributed by atoms with van der Waals surface area (Å²) in [6.07, 6.45) is 2.98. The number of ether oxygens (including phenoxy) is 1. The second-order valence-electron chi connectivity index (χ2n) is 4.54. The third-order valence-electron chi connectivity index (χ3n) is 2.90. The van der Waals surface area contributed by atoms with Crippen LogP contribution in [0.5, 0.6) is 5.75 Å². The number of pyridine rings is 1. The average molecular weight is 271 g/mol. The molecule has 2 rings (SSSR count). The fourth-order valence-electron chi connectivity index (χ4n) is 1.93. The Bertz CT molecular complexity index is 585. The number of hydrogen-bond acceptors (Lipinski definition) is 4. The molecule has 0 aliphatic rings. The average Bonchev–Trinajstić information content (AvgIpc) is 2.45. The van der Waals surface area contributed by atoms with E-state index < -0.39 is 12.0 Å². The number of carbonyl (C=O) groups excluding carboxylic acids is 1. The molecule has 0 saturated carbocycles. The normalized spacial score (nSPS) is 13.5. The van der Waals surface area contributed by atoms with Crippen LogP contribution >= 0.6 is 0 Å². The Morgan fingerprint density at radius 3 is 2.60 bits per heavy atom. The van der Waals surface area contributed by atoms with Gasteiger partial charge in [0, 0.05) is 24.0 Å². The Kier molecular flexibility index (Phi) is 4.32. The molecule has 0 bridgehead atoms. The first-order valence-corrected chi connectivity index (χ1v) is 6.30. The molecule has 0 aliphatic carbocycles. The van der Waals surface area contributed by atoms with Crippen LogP contribution < -0.4 is 16.2 Å². The molecule has 1 amide bonds. The third kappa shape index (κ3) is 3.13. The Hall–Kier alpha value is -2.40. The molecule has 0 radical (unpaired) electrons. The maximum atomic E-state index is 11.4. The summed E-state index contributed by atoms with van der Waals surface area (Å²) in [6.45, 7) is 1.84.